The third kappa shape index (κ3) is 5.59. The van der Waals surface area contributed by atoms with Crippen LogP contribution in [0.2, 0.25) is 0 Å². The molecule has 1 heterocycles. The topological polar surface area (TPSA) is 99.5 Å². The molecule has 0 radical (unpaired) electrons. The molecule has 2 aromatic rings. The summed E-state index contributed by atoms with van der Waals surface area (Å²) in [4.78, 5) is 30.0. The van der Waals surface area contributed by atoms with Crippen LogP contribution >= 0.6 is 0 Å². The predicted octanol–water partition coefficient (Wildman–Crippen LogP) is 3.95. The summed E-state index contributed by atoms with van der Waals surface area (Å²) in [6.45, 7) is 10.4. The van der Waals surface area contributed by atoms with E-state index in [2.05, 4.69) is 4.90 Å². The van der Waals surface area contributed by atoms with Crippen molar-refractivity contribution in [3.63, 3.8) is 0 Å². The molecule has 3 rings (SSSR count). The Morgan fingerprint density at radius 3 is 2.31 bits per heavy atom. The first kappa shape index (κ1) is 26.1. The lowest BCUT2D eigenvalue weighted by Gasteiger charge is -2.28. The Bertz CT molecular complexity index is 1090. The van der Waals surface area contributed by atoms with Crippen LogP contribution in [0.1, 0.15) is 44.9 Å². The van der Waals surface area contributed by atoms with Crippen molar-refractivity contribution in [3.8, 4) is 17.2 Å². The highest BCUT2D eigenvalue weighted by molar-refractivity contribution is 6.46. The standard InChI is InChI=1S/C27H34N2O6/c1-6-28(7-2)14-15-29-24(19-10-13-21(30)22(16-19)34-5)23(26(32)27(29)33)25(31)18-8-11-20(12-9-18)35-17(3)4/h8-13,16-17,24,30-31H,6-7,14-15H2,1-5H3/b25-23+/t24-/m1/s1. The molecule has 1 aliphatic heterocycles. The molecule has 0 aliphatic carbocycles. The molecule has 8 heteroatoms. The van der Waals surface area contributed by atoms with Gasteiger partial charge in [0.05, 0.1) is 24.8 Å². The van der Waals surface area contributed by atoms with Crippen LogP contribution < -0.4 is 9.47 Å². The molecule has 1 aliphatic rings. The van der Waals surface area contributed by atoms with Gasteiger partial charge in [0.25, 0.3) is 11.7 Å². The van der Waals surface area contributed by atoms with Crippen molar-refractivity contribution < 1.29 is 29.3 Å². The maximum Gasteiger partial charge on any atom is 0.295 e. The number of aliphatic hydroxyl groups is 1. The third-order valence-electron chi connectivity index (χ3n) is 6.11. The van der Waals surface area contributed by atoms with E-state index in [4.69, 9.17) is 9.47 Å². The molecule has 1 amide bonds. The van der Waals surface area contributed by atoms with Crippen LogP contribution in [0.15, 0.2) is 48.0 Å². The smallest absolute Gasteiger partial charge is 0.295 e. The Morgan fingerprint density at radius 2 is 1.74 bits per heavy atom. The first-order valence-electron chi connectivity index (χ1n) is 11.9. The number of hydrogen-bond donors (Lipinski definition) is 2. The fraction of sp³-hybridized carbons (Fsp3) is 0.407. The van der Waals surface area contributed by atoms with Gasteiger partial charge in [0.2, 0.25) is 0 Å². The molecule has 2 N–H and O–H groups in total. The SMILES string of the molecule is CCN(CC)CCN1C(=O)C(=O)/C(=C(/O)c2ccc(OC(C)C)cc2)[C@H]1c1ccc(O)c(OC)c1. The number of ether oxygens (including phenoxy) is 2. The molecule has 2 aromatic carbocycles. The van der Waals surface area contributed by atoms with E-state index in [-0.39, 0.29) is 28.9 Å². The number of benzene rings is 2. The highest BCUT2D eigenvalue weighted by atomic mass is 16.5. The van der Waals surface area contributed by atoms with E-state index in [1.165, 1.54) is 18.1 Å². The van der Waals surface area contributed by atoms with Gasteiger partial charge in [-0.15, -0.1) is 0 Å². The normalized spacial score (nSPS) is 17.5. The summed E-state index contributed by atoms with van der Waals surface area (Å²) in [7, 11) is 1.43. The number of carbonyl (C=O) groups is 2. The third-order valence-corrected chi connectivity index (χ3v) is 6.11. The van der Waals surface area contributed by atoms with Crippen molar-refractivity contribution in [3.05, 3.63) is 59.2 Å². The molecule has 1 saturated heterocycles. The van der Waals surface area contributed by atoms with Gasteiger partial charge in [-0.25, -0.2) is 0 Å². The average Bonchev–Trinajstić information content (AvgIpc) is 3.09. The first-order chi connectivity index (χ1) is 16.7. The van der Waals surface area contributed by atoms with Crippen molar-refractivity contribution in [1.82, 2.24) is 9.80 Å². The van der Waals surface area contributed by atoms with Crippen LogP contribution in [0.4, 0.5) is 0 Å². The molecular weight excluding hydrogens is 448 g/mol. The fourth-order valence-electron chi connectivity index (χ4n) is 4.23. The molecule has 0 saturated carbocycles. The van der Waals surface area contributed by atoms with Gasteiger partial charge in [-0.3, -0.25) is 9.59 Å². The van der Waals surface area contributed by atoms with Crippen LogP contribution in [-0.2, 0) is 9.59 Å². The van der Waals surface area contributed by atoms with Crippen molar-refractivity contribution in [2.24, 2.45) is 0 Å². The van der Waals surface area contributed by atoms with Crippen molar-refractivity contribution in [2.75, 3.05) is 33.3 Å². The van der Waals surface area contributed by atoms with E-state index in [9.17, 15) is 19.8 Å². The zero-order valence-electron chi connectivity index (χ0n) is 20.9. The number of ketones is 1. The lowest BCUT2D eigenvalue weighted by atomic mass is 9.95. The van der Waals surface area contributed by atoms with Crippen molar-refractivity contribution >= 4 is 17.4 Å². The molecule has 0 bridgehead atoms. The maximum atomic E-state index is 13.2. The molecular formula is C27H34N2O6. The number of hydrogen-bond acceptors (Lipinski definition) is 7. The van der Waals surface area contributed by atoms with Crippen LogP contribution in [-0.4, -0.2) is 71.1 Å². The summed E-state index contributed by atoms with van der Waals surface area (Å²) in [5, 5.41) is 21.3. The van der Waals surface area contributed by atoms with E-state index in [1.54, 1.807) is 36.4 Å². The number of aromatic hydroxyl groups is 1. The second kappa shape index (κ2) is 11.3. The minimum absolute atomic E-state index is 0.000169. The van der Waals surface area contributed by atoms with E-state index in [1.807, 2.05) is 27.7 Å². The van der Waals surface area contributed by atoms with Gasteiger partial charge in [0, 0.05) is 18.7 Å². The zero-order valence-corrected chi connectivity index (χ0v) is 20.9. The number of methoxy groups -OCH3 is 1. The summed E-state index contributed by atoms with van der Waals surface area (Å²) in [5.41, 5.74) is 0.957. The van der Waals surface area contributed by atoms with Gasteiger partial charge < -0.3 is 29.5 Å². The van der Waals surface area contributed by atoms with Crippen LogP contribution in [0.5, 0.6) is 17.2 Å². The molecule has 0 aromatic heterocycles. The molecule has 8 nitrogen and oxygen atoms in total. The Morgan fingerprint density at radius 1 is 1.09 bits per heavy atom. The average molecular weight is 483 g/mol. The van der Waals surface area contributed by atoms with Gasteiger partial charge in [-0.1, -0.05) is 19.9 Å². The summed E-state index contributed by atoms with van der Waals surface area (Å²) in [5.74, 6) is -0.890. The lowest BCUT2D eigenvalue weighted by molar-refractivity contribution is -0.140. The molecule has 1 fully saturated rings. The number of amides is 1. The van der Waals surface area contributed by atoms with Crippen LogP contribution in [0, 0.1) is 0 Å². The molecule has 35 heavy (non-hydrogen) atoms. The Labute approximate surface area is 206 Å². The highest BCUT2D eigenvalue weighted by Gasteiger charge is 2.46. The molecule has 0 spiro atoms. The number of Topliss-reactive ketones (excluding diaryl/α,β-unsaturated/α-hetero) is 1. The summed E-state index contributed by atoms with van der Waals surface area (Å²) >= 11 is 0. The summed E-state index contributed by atoms with van der Waals surface area (Å²) in [6, 6.07) is 10.6. The van der Waals surface area contributed by atoms with Crippen LogP contribution in [0.3, 0.4) is 0 Å². The van der Waals surface area contributed by atoms with Gasteiger partial charge in [0.15, 0.2) is 11.5 Å². The van der Waals surface area contributed by atoms with Crippen LogP contribution in [0.25, 0.3) is 5.76 Å². The quantitative estimate of drug-likeness (QED) is 0.300. The number of carbonyl (C=O) groups excluding carboxylic acids is 2. The number of phenolic OH excluding ortho intramolecular Hbond substituents is 1. The Balaban J connectivity index is 2.09. The fourth-order valence-corrected chi connectivity index (χ4v) is 4.23. The largest absolute Gasteiger partial charge is 0.507 e. The molecule has 188 valence electrons. The van der Waals surface area contributed by atoms with Gasteiger partial charge in [0.1, 0.15) is 11.5 Å². The van der Waals surface area contributed by atoms with E-state index in [0.717, 1.165) is 13.1 Å². The highest BCUT2D eigenvalue weighted by Crippen LogP contribution is 2.41. The summed E-state index contributed by atoms with van der Waals surface area (Å²) < 4.78 is 10.9. The number of rotatable bonds is 10. The number of likely N-dealkylation sites (tertiary alicyclic amines) is 1. The second-order valence-corrected chi connectivity index (χ2v) is 8.64. The lowest BCUT2D eigenvalue weighted by Crippen LogP contribution is -2.38. The number of likely N-dealkylation sites (N-methyl/N-ethyl adjacent to an activating group) is 1. The van der Waals surface area contributed by atoms with E-state index in [0.29, 0.717) is 30.0 Å². The number of phenols is 1. The van der Waals surface area contributed by atoms with Gasteiger partial charge >= 0.3 is 0 Å². The van der Waals surface area contributed by atoms with Crippen molar-refractivity contribution in [1.29, 1.82) is 0 Å². The summed E-state index contributed by atoms with van der Waals surface area (Å²) in [6.07, 6.45) is -0.00458. The molecule has 0 unspecified atom stereocenters. The monoisotopic (exact) mass is 482 g/mol. The second-order valence-electron chi connectivity index (χ2n) is 8.64. The number of nitrogens with zero attached hydrogens (tertiary/aromatic N) is 2. The molecule has 1 atom stereocenters. The minimum Gasteiger partial charge on any atom is -0.507 e. The first-order valence-corrected chi connectivity index (χ1v) is 11.9. The van der Waals surface area contributed by atoms with Gasteiger partial charge in [-0.2, -0.15) is 0 Å². The Kier molecular flexibility index (Phi) is 8.40. The maximum absolute atomic E-state index is 13.2. The van der Waals surface area contributed by atoms with Gasteiger partial charge in [-0.05, 0) is 68.9 Å². The Hall–Kier alpha value is -3.52. The zero-order chi connectivity index (χ0) is 25.7. The minimum atomic E-state index is -0.827. The van der Waals surface area contributed by atoms with E-state index >= 15 is 0 Å². The van der Waals surface area contributed by atoms with Crippen molar-refractivity contribution in [2.45, 2.75) is 39.8 Å². The van der Waals surface area contributed by atoms with E-state index < -0.39 is 17.7 Å². The predicted molar refractivity (Wildman–Crippen MR) is 134 cm³/mol. The number of aliphatic hydroxyl groups excluding tert-OH is 1.